The molecule has 0 saturated carbocycles. The molecule has 19 nitrogen and oxygen atoms in total. The van der Waals surface area contributed by atoms with Gasteiger partial charge in [0.1, 0.15) is 73.2 Å². The average molecular weight is 1320 g/mol. The number of carbonyl (C=O) groups excluding carboxylic acids is 1. The highest BCUT2D eigenvalue weighted by atomic mass is 16.8. The molecule has 3 rings (SSSR count). The van der Waals surface area contributed by atoms with Gasteiger partial charge >= 0.3 is 0 Å². The molecule has 17 unspecified atom stereocenters. The van der Waals surface area contributed by atoms with Gasteiger partial charge in [0.05, 0.1) is 38.6 Å². The van der Waals surface area contributed by atoms with Crippen LogP contribution in [0.15, 0.2) is 85.1 Å². The third kappa shape index (κ3) is 36.4. The first kappa shape index (κ1) is 84.2. The van der Waals surface area contributed by atoms with Crippen LogP contribution in [0.5, 0.6) is 0 Å². The standard InChI is InChI=1S/C74H129NO18/c1-3-5-7-9-11-13-15-17-19-20-21-22-23-24-25-26-27-28-29-30-31-32-33-34-35-36-38-39-41-43-45-47-49-51-58(79)57(75-62(80)52-50-48-46-44-42-40-37-18-16-14-12-10-8-6-4-2)56-88-72-68(86)65(83)70(60(54-77)90-72)93-74-69(87)66(84)71(61(55-78)91-74)92-73-67(85)64(82)63(81)59(53-76)89-73/h6,8,12,14,18,37,41-44,48-51,57-61,63-74,76-79,81-87H,3-5,7,9-11,13,15-17,19-36,38-40,45-47,52-56H2,1-2H3,(H,75,80)/b8-6-,14-12-,37-18-,43-41+,44-42-,50-48-,51-49+. The van der Waals surface area contributed by atoms with E-state index in [9.17, 15) is 61.0 Å². The molecule has 0 spiro atoms. The molecule has 0 aliphatic carbocycles. The molecular weight excluding hydrogens is 1190 g/mol. The SMILES string of the molecule is CC/C=C\C/C=C\C/C=C\C/C=C\C/C=C\CC(=O)NC(COC1OC(CO)C(OC2OC(CO)C(OC3OC(CO)C(O)C(O)C3O)C(O)C2O)C(O)C1O)C(O)/C=C/CC/C=C/CCCCCCCCCCCCCCCCCCCCCCCCCCCCC. The molecule has 3 aliphatic heterocycles. The summed E-state index contributed by atoms with van der Waals surface area (Å²) in [7, 11) is 0. The largest absolute Gasteiger partial charge is 0.394 e. The van der Waals surface area contributed by atoms with E-state index < -0.39 is 137 Å². The number of carbonyl (C=O) groups is 1. The van der Waals surface area contributed by atoms with Crippen LogP contribution in [0.2, 0.25) is 0 Å². The number of rotatable bonds is 55. The summed E-state index contributed by atoms with van der Waals surface area (Å²) < 4.78 is 34.2. The first-order valence-electron chi connectivity index (χ1n) is 36.3. The van der Waals surface area contributed by atoms with E-state index in [1.54, 1.807) is 12.2 Å². The van der Waals surface area contributed by atoms with E-state index in [4.69, 9.17) is 28.4 Å². The van der Waals surface area contributed by atoms with Crippen molar-refractivity contribution in [1.82, 2.24) is 5.32 Å². The van der Waals surface area contributed by atoms with Crippen molar-refractivity contribution in [2.75, 3.05) is 26.4 Å². The maximum atomic E-state index is 13.3. The van der Waals surface area contributed by atoms with Crippen molar-refractivity contribution in [2.24, 2.45) is 0 Å². The van der Waals surface area contributed by atoms with Crippen LogP contribution in [0.4, 0.5) is 0 Å². The number of ether oxygens (including phenoxy) is 6. The summed E-state index contributed by atoms with van der Waals surface area (Å²) in [5, 5.41) is 120. The number of nitrogens with one attached hydrogen (secondary N) is 1. The van der Waals surface area contributed by atoms with Crippen LogP contribution in [0.3, 0.4) is 0 Å². The van der Waals surface area contributed by atoms with Crippen LogP contribution >= 0.6 is 0 Å². The Bertz CT molecular complexity index is 2010. The molecule has 3 aliphatic rings. The van der Waals surface area contributed by atoms with Crippen molar-refractivity contribution in [2.45, 2.75) is 349 Å². The Hall–Kier alpha value is -3.03. The van der Waals surface area contributed by atoms with Gasteiger partial charge in [0.15, 0.2) is 18.9 Å². The predicted molar refractivity (Wildman–Crippen MR) is 364 cm³/mol. The Morgan fingerprint density at radius 3 is 1.18 bits per heavy atom. The Balaban J connectivity index is 1.40. The highest BCUT2D eigenvalue weighted by molar-refractivity contribution is 5.77. The van der Waals surface area contributed by atoms with E-state index in [2.05, 4.69) is 67.8 Å². The van der Waals surface area contributed by atoms with Crippen molar-refractivity contribution < 1.29 is 89.4 Å². The van der Waals surface area contributed by atoms with E-state index in [0.29, 0.717) is 12.8 Å². The van der Waals surface area contributed by atoms with Crippen LogP contribution in [-0.2, 0) is 33.2 Å². The van der Waals surface area contributed by atoms with E-state index in [1.165, 1.54) is 167 Å². The van der Waals surface area contributed by atoms with Gasteiger partial charge in [0, 0.05) is 6.42 Å². The number of unbranched alkanes of at least 4 members (excludes halogenated alkanes) is 28. The fourth-order valence-electron chi connectivity index (χ4n) is 11.9. The number of hydrogen-bond donors (Lipinski definition) is 12. The summed E-state index contributed by atoms with van der Waals surface area (Å²) in [5.74, 6) is -0.413. The van der Waals surface area contributed by atoms with Gasteiger partial charge in [0.2, 0.25) is 5.91 Å². The Morgan fingerprint density at radius 2 is 0.753 bits per heavy atom. The van der Waals surface area contributed by atoms with Gasteiger partial charge in [0.25, 0.3) is 0 Å². The van der Waals surface area contributed by atoms with Crippen LogP contribution in [-0.4, -0.2) is 193 Å². The molecule has 3 saturated heterocycles. The quantitative estimate of drug-likeness (QED) is 0.0199. The molecule has 0 aromatic rings. The molecule has 538 valence electrons. The lowest BCUT2D eigenvalue weighted by Crippen LogP contribution is -2.66. The third-order valence-electron chi connectivity index (χ3n) is 17.7. The highest BCUT2D eigenvalue weighted by Crippen LogP contribution is 2.33. The van der Waals surface area contributed by atoms with E-state index in [0.717, 1.165) is 44.9 Å². The molecule has 12 N–H and O–H groups in total. The number of aliphatic hydroxyl groups excluding tert-OH is 11. The van der Waals surface area contributed by atoms with Crippen LogP contribution < -0.4 is 5.32 Å². The van der Waals surface area contributed by atoms with Gasteiger partial charge in [-0.1, -0.05) is 266 Å². The lowest BCUT2D eigenvalue weighted by Gasteiger charge is -2.48. The average Bonchev–Trinajstić information content (AvgIpc) is 0.814. The molecule has 19 heteroatoms. The fraction of sp³-hybridized carbons (Fsp3) is 0.797. The number of amides is 1. The third-order valence-corrected chi connectivity index (χ3v) is 17.7. The minimum atomic E-state index is -1.99. The van der Waals surface area contributed by atoms with E-state index in [-0.39, 0.29) is 6.42 Å². The van der Waals surface area contributed by atoms with E-state index in [1.807, 2.05) is 24.3 Å². The zero-order valence-corrected chi connectivity index (χ0v) is 57.0. The summed E-state index contributed by atoms with van der Waals surface area (Å²) in [6.07, 6.45) is 44.9. The summed E-state index contributed by atoms with van der Waals surface area (Å²) in [5.41, 5.74) is 0. The summed E-state index contributed by atoms with van der Waals surface area (Å²) in [6.45, 7) is 1.53. The van der Waals surface area contributed by atoms with Gasteiger partial charge in [-0.05, 0) is 57.8 Å². The maximum Gasteiger partial charge on any atom is 0.224 e. The Morgan fingerprint density at radius 1 is 0.398 bits per heavy atom. The predicted octanol–water partition coefficient (Wildman–Crippen LogP) is 10.3. The Kier molecular flexibility index (Phi) is 49.7. The van der Waals surface area contributed by atoms with Crippen molar-refractivity contribution in [3.63, 3.8) is 0 Å². The molecule has 93 heavy (non-hydrogen) atoms. The first-order valence-corrected chi connectivity index (χ1v) is 36.3. The molecule has 0 bridgehead atoms. The van der Waals surface area contributed by atoms with E-state index >= 15 is 0 Å². The smallest absolute Gasteiger partial charge is 0.224 e. The summed E-state index contributed by atoms with van der Waals surface area (Å²) >= 11 is 0. The Labute approximate surface area is 559 Å². The molecule has 17 atom stereocenters. The zero-order valence-electron chi connectivity index (χ0n) is 57.0. The van der Waals surface area contributed by atoms with Gasteiger partial charge in [-0.15, -0.1) is 0 Å². The summed E-state index contributed by atoms with van der Waals surface area (Å²) in [6, 6.07) is -1.05. The maximum absolute atomic E-state index is 13.3. The van der Waals surface area contributed by atoms with Crippen LogP contribution in [0.1, 0.15) is 245 Å². The fourth-order valence-corrected chi connectivity index (χ4v) is 11.9. The monoisotopic (exact) mass is 1320 g/mol. The lowest BCUT2D eigenvalue weighted by molar-refractivity contribution is -0.379. The second-order valence-corrected chi connectivity index (χ2v) is 25.7. The minimum absolute atomic E-state index is 0.000638. The van der Waals surface area contributed by atoms with Crippen LogP contribution in [0.25, 0.3) is 0 Å². The van der Waals surface area contributed by atoms with Crippen molar-refractivity contribution >= 4 is 5.91 Å². The molecule has 0 aromatic heterocycles. The normalized spacial score (nSPS) is 28.0. The number of aliphatic hydroxyl groups is 11. The first-order chi connectivity index (χ1) is 45.3. The van der Waals surface area contributed by atoms with Gasteiger partial charge in [-0.2, -0.15) is 0 Å². The van der Waals surface area contributed by atoms with Crippen LogP contribution in [0, 0.1) is 0 Å². The number of allylic oxidation sites excluding steroid dienone is 12. The lowest BCUT2D eigenvalue weighted by atomic mass is 9.96. The molecule has 0 radical (unpaired) electrons. The minimum Gasteiger partial charge on any atom is -0.394 e. The molecule has 3 fully saturated rings. The van der Waals surface area contributed by atoms with Crippen molar-refractivity contribution in [3.8, 4) is 0 Å². The topological polar surface area (TPSA) is 307 Å². The van der Waals surface area contributed by atoms with Gasteiger partial charge in [-0.25, -0.2) is 0 Å². The zero-order chi connectivity index (χ0) is 67.5. The molecule has 1 amide bonds. The van der Waals surface area contributed by atoms with Crippen molar-refractivity contribution in [3.05, 3.63) is 85.1 Å². The highest BCUT2D eigenvalue weighted by Gasteiger charge is 2.53. The molecule has 0 aromatic carbocycles. The van der Waals surface area contributed by atoms with Gasteiger partial charge in [-0.3, -0.25) is 4.79 Å². The molecule has 3 heterocycles. The van der Waals surface area contributed by atoms with Crippen molar-refractivity contribution in [1.29, 1.82) is 0 Å². The second kappa shape index (κ2) is 54.9. The molecular formula is C74H129NO18. The van der Waals surface area contributed by atoms with Gasteiger partial charge < -0.3 is 89.9 Å². The summed E-state index contributed by atoms with van der Waals surface area (Å²) in [4.78, 5) is 13.3. The number of hydrogen-bond acceptors (Lipinski definition) is 18. The second-order valence-electron chi connectivity index (χ2n) is 25.7.